The highest BCUT2D eigenvalue weighted by atomic mass is 16.6. The Kier molecular flexibility index (Phi) is 4.03. The summed E-state index contributed by atoms with van der Waals surface area (Å²) in [5.74, 6) is 0.702. The molecule has 5 nitrogen and oxygen atoms in total. The molecule has 2 rings (SSSR count). The molecule has 0 atom stereocenters. The molecular formula is C16H15NO4. The van der Waals surface area contributed by atoms with Crippen molar-refractivity contribution in [2.45, 2.75) is 20.8 Å². The molecule has 0 N–H and O–H groups in total. The van der Waals surface area contributed by atoms with Gasteiger partial charge in [0.25, 0.3) is 0 Å². The molecule has 5 heteroatoms. The Bertz CT molecular complexity index is 722. The molecule has 0 aliphatic heterocycles. The number of nitro benzene ring substituents is 1. The lowest BCUT2D eigenvalue weighted by atomic mass is 10.1. The van der Waals surface area contributed by atoms with Gasteiger partial charge in [0.15, 0.2) is 0 Å². The van der Waals surface area contributed by atoms with E-state index in [0.29, 0.717) is 12.0 Å². The molecular weight excluding hydrogens is 270 g/mol. The number of nitro groups is 1. The molecule has 0 fully saturated rings. The predicted octanol–water partition coefficient (Wildman–Crippen LogP) is 4.12. The van der Waals surface area contributed by atoms with Crippen LogP contribution < -0.4 is 4.74 Å². The molecule has 0 saturated carbocycles. The quantitative estimate of drug-likeness (QED) is 0.481. The van der Waals surface area contributed by atoms with Crippen LogP contribution in [0, 0.1) is 30.9 Å². The van der Waals surface area contributed by atoms with Gasteiger partial charge in [0.1, 0.15) is 12.0 Å². The minimum Gasteiger partial charge on any atom is -0.450 e. The summed E-state index contributed by atoms with van der Waals surface area (Å²) in [6.07, 6.45) is 0.568. The standard InChI is InChI=1S/C16H15NO4/c1-10-6-11(2)12(3)16(7-10)21-15-5-4-13(9-18)8-14(15)17(19)20/h4-9H,1-3H3. The summed E-state index contributed by atoms with van der Waals surface area (Å²) in [5.41, 5.74) is 3.01. The van der Waals surface area contributed by atoms with Crippen LogP contribution in [0.1, 0.15) is 27.0 Å². The van der Waals surface area contributed by atoms with Crippen molar-refractivity contribution in [2.24, 2.45) is 0 Å². The van der Waals surface area contributed by atoms with E-state index in [1.807, 2.05) is 32.9 Å². The molecule has 21 heavy (non-hydrogen) atoms. The summed E-state index contributed by atoms with van der Waals surface area (Å²) >= 11 is 0. The van der Waals surface area contributed by atoms with Crippen LogP contribution in [0.25, 0.3) is 0 Å². The van der Waals surface area contributed by atoms with Gasteiger partial charge in [0, 0.05) is 11.6 Å². The number of ether oxygens (including phenoxy) is 1. The van der Waals surface area contributed by atoms with Crippen molar-refractivity contribution < 1.29 is 14.5 Å². The Morgan fingerprint density at radius 2 is 1.81 bits per heavy atom. The maximum Gasteiger partial charge on any atom is 0.312 e. The van der Waals surface area contributed by atoms with Gasteiger partial charge in [0.05, 0.1) is 4.92 Å². The molecule has 0 aliphatic rings. The highest BCUT2D eigenvalue weighted by Crippen LogP contribution is 2.34. The zero-order valence-electron chi connectivity index (χ0n) is 12.0. The molecule has 0 saturated heterocycles. The normalized spacial score (nSPS) is 10.2. The lowest BCUT2D eigenvalue weighted by Crippen LogP contribution is -1.97. The third-order valence-corrected chi connectivity index (χ3v) is 3.30. The number of hydrogen-bond acceptors (Lipinski definition) is 4. The van der Waals surface area contributed by atoms with Gasteiger partial charge in [-0.25, -0.2) is 0 Å². The Morgan fingerprint density at radius 1 is 1.10 bits per heavy atom. The van der Waals surface area contributed by atoms with Gasteiger partial charge in [-0.05, 0) is 55.7 Å². The van der Waals surface area contributed by atoms with Crippen LogP contribution in [-0.4, -0.2) is 11.2 Å². The van der Waals surface area contributed by atoms with Crippen LogP contribution in [0.2, 0.25) is 0 Å². The van der Waals surface area contributed by atoms with Gasteiger partial charge < -0.3 is 4.74 Å². The van der Waals surface area contributed by atoms with Crippen molar-refractivity contribution in [1.82, 2.24) is 0 Å². The summed E-state index contributed by atoms with van der Waals surface area (Å²) in [6, 6.07) is 8.00. The molecule has 0 bridgehead atoms. The number of rotatable bonds is 4. The molecule has 2 aromatic rings. The Morgan fingerprint density at radius 3 is 2.43 bits per heavy atom. The number of carbonyl (C=O) groups is 1. The van der Waals surface area contributed by atoms with Crippen LogP contribution in [0.4, 0.5) is 5.69 Å². The van der Waals surface area contributed by atoms with Gasteiger partial charge in [0.2, 0.25) is 5.75 Å². The van der Waals surface area contributed by atoms with E-state index >= 15 is 0 Å². The van der Waals surface area contributed by atoms with Crippen molar-refractivity contribution in [2.75, 3.05) is 0 Å². The minimum absolute atomic E-state index is 0.124. The maximum atomic E-state index is 11.1. The van der Waals surface area contributed by atoms with E-state index in [2.05, 4.69) is 0 Å². The number of carbonyl (C=O) groups excluding carboxylic acids is 1. The first-order chi connectivity index (χ1) is 9.92. The number of aryl methyl sites for hydroxylation is 2. The molecule has 0 amide bonds. The van der Waals surface area contributed by atoms with E-state index in [1.54, 1.807) is 0 Å². The second-order valence-corrected chi connectivity index (χ2v) is 4.91. The number of benzene rings is 2. The highest BCUT2D eigenvalue weighted by Gasteiger charge is 2.18. The summed E-state index contributed by atoms with van der Waals surface area (Å²) in [5, 5.41) is 11.1. The average molecular weight is 285 g/mol. The fraction of sp³-hybridized carbons (Fsp3) is 0.188. The topological polar surface area (TPSA) is 69.4 Å². The predicted molar refractivity (Wildman–Crippen MR) is 79.2 cm³/mol. The molecule has 0 unspecified atom stereocenters. The SMILES string of the molecule is Cc1cc(C)c(C)c(Oc2ccc(C=O)cc2[N+](=O)[O-])c1. The largest absolute Gasteiger partial charge is 0.450 e. The van der Waals surface area contributed by atoms with E-state index in [4.69, 9.17) is 4.74 Å². The Hall–Kier alpha value is -2.69. The summed E-state index contributed by atoms with van der Waals surface area (Å²) < 4.78 is 5.71. The summed E-state index contributed by atoms with van der Waals surface area (Å²) in [4.78, 5) is 21.3. The molecule has 0 heterocycles. The maximum absolute atomic E-state index is 11.1. The fourth-order valence-corrected chi connectivity index (χ4v) is 2.06. The van der Waals surface area contributed by atoms with Gasteiger partial charge in [-0.15, -0.1) is 0 Å². The van der Waals surface area contributed by atoms with Crippen LogP contribution in [0.5, 0.6) is 11.5 Å². The van der Waals surface area contributed by atoms with E-state index in [1.165, 1.54) is 18.2 Å². The molecule has 0 aromatic heterocycles. The van der Waals surface area contributed by atoms with Crippen LogP contribution in [0.3, 0.4) is 0 Å². The Balaban J connectivity index is 2.49. The monoisotopic (exact) mass is 285 g/mol. The first-order valence-corrected chi connectivity index (χ1v) is 6.41. The molecule has 0 radical (unpaired) electrons. The van der Waals surface area contributed by atoms with Crippen LogP contribution in [-0.2, 0) is 0 Å². The molecule has 2 aromatic carbocycles. The van der Waals surface area contributed by atoms with Gasteiger partial charge in [-0.3, -0.25) is 14.9 Å². The van der Waals surface area contributed by atoms with E-state index in [9.17, 15) is 14.9 Å². The second kappa shape index (κ2) is 5.75. The average Bonchev–Trinajstić information content (AvgIpc) is 2.44. The lowest BCUT2D eigenvalue weighted by molar-refractivity contribution is -0.385. The van der Waals surface area contributed by atoms with Crippen LogP contribution >= 0.6 is 0 Å². The number of aldehydes is 1. The first kappa shape index (κ1) is 14.7. The van der Waals surface area contributed by atoms with Gasteiger partial charge in [-0.1, -0.05) is 6.07 Å². The van der Waals surface area contributed by atoms with Crippen molar-refractivity contribution >= 4 is 12.0 Å². The van der Waals surface area contributed by atoms with Crippen molar-refractivity contribution in [3.8, 4) is 11.5 Å². The molecule has 0 spiro atoms. The van der Waals surface area contributed by atoms with Crippen molar-refractivity contribution in [1.29, 1.82) is 0 Å². The third-order valence-electron chi connectivity index (χ3n) is 3.30. The van der Waals surface area contributed by atoms with Gasteiger partial charge in [-0.2, -0.15) is 0 Å². The first-order valence-electron chi connectivity index (χ1n) is 6.41. The van der Waals surface area contributed by atoms with E-state index in [0.717, 1.165) is 16.7 Å². The van der Waals surface area contributed by atoms with E-state index in [-0.39, 0.29) is 17.0 Å². The summed E-state index contributed by atoms with van der Waals surface area (Å²) in [6.45, 7) is 5.79. The van der Waals surface area contributed by atoms with Crippen molar-refractivity contribution in [3.63, 3.8) is 0 Å². The van der Waals surface area contributed by atoms with Crippen LogP contribution in [0.15, 0.2) is 30.3 Å². The highest BCUT2D eigenvalue weighted by molar-refractivity contribution is 5.77. The van der Waals surface area contributed by atoms with Crippen molar-refractivity contribution in [3.05, 3.63) is 62.7 Å². The summed E-state index contributed by atoms with van der Waals surface area (Å²) in [7, 11) is 0. The van der Waals surface area contributed by atoms with E-state index < -0.39 is 4.92 Å². The number of hydrogen-bond donors (Lipinski definition) is 0. The van der Waals surface area contributed by atoms with Gasteiger partial charge >= 0.3 is 5.69 Å². The fourth-order valence-electron chi connectivity index (χ4n) is 2.06. The Labute approximate surface area is 122 Å². The number of nitrogens with zero attached hydrogens (tertiary/aromatic N) is 1. The molecule has 0 aliphatic carbocycles. The second-order valence-electron chi connectivity index (χ2n) is 4.91. The zero-order chi connectivity index (χ0) is 15.6. The molecule has 108 valence electrons. The minimum atomic E-state index is -0.555. The zero-order valence-corrected chi connectivity index (χ0v) is 12.0. The lowest BCUT2D eigenvalue weighted by Gasteiger charge is -2.12. The smallest absolute Gasteiger partial charge is 0.312 e. The third kappa shape index (κ3) is 3.08.